The van der Waals surface area contributed by atoms with Crippen LogP contribution in [-0.2, 0) is 16.6 Å². The zero-order valence-corrected chi connectivity index (χ0v) is 10.7. The van der Waals surface area contributed by atoms with Gasteiger partial charge >= 0.3 is 0 Å². The fraction of sp³-hybridized carbons (Fsp3) is 0.0833. The quantitative estimate of drug-likeness (QED) is 0.876. The Bertz CT molecular complexity index is 699. The number of primary sulfonamides is 1. The van der Waals surface area contributed by atoms with Gasteiger partial charge in [-0.05, 0) is 29.8 Å². The number of aromatic nitrogens is 1. The molecule has 0 aliphatic heterocycles. The van der Waals surface area contributed by atoms with E-state index in [1.165, 1.54) is 12.1 Å². The molecule has 0 spiro atoms. The van der Waals surface area contributed by atoms with Gasteiger partial charge in [-0.3, -0.25) is 4.98 Å². The lowest BCUT2D eigenvalue weighted by Crippen LogP contribution is -2.12. The fourth-order valence-corrected chi connectivity index (χ4v) is 2.16. The summed E-state index contributed by atoms with van der Waals surface area (Å²) in [5.41, 5.74) is 7.06. The molecule has 0 fully saturated rings. The summed E-state index contributed by atoms with van der Waals surface area (Å²) in [6.07, 6.45) is 1.55. The Morgan fingerprint density at radius 1 is 1.21 bits per heavy atom. The Labute approximate surface area is 110 Å². The Morgan fingerprint density at radius 2 is 1.95 bits per heavy atom. The maximum Gasteiger partial charge on any atom is 0.238 e. The second-order valence-corrected chi connectivity index (χ2v) is 5.54. The molecule has 0 amide bonds. The Morgan fingerprint density at radius 3 is 2.47 bits per heavy atom. The summed E-state index contributed by atoms with van der Waals surface area (Å²) >= 11 is 0. The van der Waals surface area contributed by atoms with E-state index < -0.39 is 15.8 Å². The van der Waals surface area contributed by atoms with Gasteiger partial charge in [-0.2, -0.15) is 0 Å². The molecule has 2 rings (SSSR count). The number of nitrogens with zero attached hydrogens (tertiary/aromatic N) is 1. The predicted octanol–water partition coefficient (Wildman–Crippen LogP) is 0.994. The number of halogens is 1. The molecule has 7 heteroatoms. The van der Waals surface area contributed by atoms with E-state index in [1.807, 2.05) is 0 Å². The molecule has 5 nitrogen and oxygen atoms in total. The molecule has 0 bridgehead atoms. The van der Waals surface area contributed by atoms with E-state index in [4.69, 9.17) is 10.9 Å². The van der Waals surface area contributed by atoms with Gasteiger partial charge in [0.15, 0.2) is 0 Å². The van der Waals surface area contributed by atoms with Crippen molar-refractivity contribution in [3.05, 3.63) is 47.9 Å². The molecule has 0 atom stereocenters. The van der Waals surface area contributed by atoms with Crippen molar-refractivity contribution in [2.75, 3.05) is 0 Å². The SMILES string of the molecule is NCc1ccc(-c2cc(F)cc(S(N)(=O)=O)c2)nc1. The highest BCUT2D eigenvalue weighted by atomic mass is 32.2. The van der Waals surface area contributed by atoms with Crippen LogP contribution in [0.3, 0.4) is 0 Å². The largest absolute Gasteiger partial charge is 0.326 e. The number of rotatable bonds is 3. The van der Waals surface area contributed by atoms with Crippen molar-refractivity contribution in [2.45, 2.75) is 11.4 Å². The van der Waals surface area contributed by atoms with Crippen LogP contribution in [0.5, 0.6) is 0 Å². The van der Waals surface area contributed by atoms with Crippen LogP contribution in [0.2, 0.25) is 0 Å². The van der Waals surface area contributed by atoms with Crippen LogP contribution in [0.1, 0.15) is 5.56 Å². The third kappa shape index (κ3) is 3.14. The van der Waals surface area contributed by atoms with Gasteiger partial charge in [0.25, 0.3) is 0 Å². The van der Waals surface area contributed by atoms with Crippen molar-refractivity contribution in [3.8, 4) is 11.3 Å². The molecule has 2 aromatic rings. The van der Waals surface area contributed by atoms with Crippen LogP contribution in [0.15, 0.2) is 41.4 Å². The number of hydrogen-bond donors (Lipinski definition) is 2. The first-order valence-electron chi connectivity index (χ1n) is 5.39. The average Bonchev–Trinajstić information content (AvgIpc) is 2.37. The molecular formula is C12H12FN3O2S. The summed E-state index contributed by atoms with van der Waals surface area (Å²) < 4.78 is 35.9. The van der Waals surface area contributed by atoms with Gasteiger partial charge in [-0.15, -0.1) is 0 Å². The van der Waals surface area contributed by atoms with Gasteiger partial charge in [0, 0.05) is 18.3 Å². The molecular weight excluding hydrogens is 269 g/mol. The monoisotopic (exact) mass is 281 g/mol. The molecule has 4 N–H and O–H groups in total. The second-order valence-electron chi connectivity index (χ2n) is 3.98. The van der Waals surface area contributed by atoms with E-state index in [9.17, 15) is 12.8 Å². The molecule has 100 valence electrons. The third-order valence-corrected chi connectivity index (χ3v) is 3.45. The first-order valence-corrected chi connectivity index (χ1v) is 6.93. The first-order chi connectivity index (χ1) is 8.90. The van der Waals surface area contributed by atoms with Gasteiger partial charge in [0.05, 0.1) is 10.6 Å². The van der Waals surface area contributed by atoms with Crippen LogP contribution in [0.4, 0.5) is 4.39 Å². The van der Waals surface area contributed by atoms with E-state index >= 15 is 0 Å². The molecule has 1 heterocycles. The van der Waals surface area contributed by atoms with Gasteiger partial charge in [0.2, 0.25) is 10.0 Å². The summed E-state index contributed by atoms with van der Waals surface area (Å²) in [6, 6.07) is 6.73. The Balaban J connectivity index is 2.52. The highest BCUT2D eigenvalue weighted by Gasteiger charge is 2.12. The highest BCUT2D eigenvalue weighted by molar-refractivity contribution is 7.89. The number of nitrogens with two attached hydrogens (primary N) is 2. The zero-order valence-electron chi connectivity index (χ0n) is 9.88. The normalized spacial score (nSPS) is 11.5. The minimum absolute atomic E-state index is 0.285. The Hall–Kier alpha value is -1.83. The lowest BCUT2D eigenvalue weighted by Gasteiger charge is -2.05. The Kier molecular flexibility index (Phi) is 3.61. The van der Waals surface area contributed by atoms with Gasteiger partial charge in [-0.25, -0.2) is 17.9 Å². The van der Waals surface area contributed by atoms with E-state index in [2.05, 4.69) is 4.98 Å². The smallest absolute Gasteiger partial charge is 0.238 e. The van der Waals surface area contributed by atoms with E-state index in [0.29, 0.717) is 17.8 Å². The maximum absolute atomic E-state index is 13.4. The van der Waals surface area contributed by atoms with Crippen molar-refractivity contribution in [1.29, 1.82) is 0 Å². The molecule has 0 unspecified atom stereocenters. The summed E-state index contributed by atoms with van der Waals surface area (Å²) in [5.74, 6) is -0.689. The van der Waals surface area contributed by atoms with Gasteiger partial charge < -0.3 is 5.73 Å². The van der Waals surface area contributed by atoms with Crippen LogP contribution in [-0.4, -0.2) is 13.4 Å². The van der Waals surface area contributed by atoms with Crippen LogP contribution in [0.25, 0.3) is 11.3 Å². The molecule has 1 aromatic carbocycles. The summed E-state index contributed by atoms with van der Waals surface area (Å²) in [5, 5.41) is 4.99. The standard InChI is InChI=1S/C12H12FN3O2S/c13-10-3-9(4-11(5-10)19(15,17)18)12-2-1-8(6-14)7-16-12/h1-5,7H,6,14H2,(H2,15,17,18). The number of benzene rings is 1. The van der Waals surface area contributed by atoms with Crippen molar-refractivity contribution < 1.29 is 12.8 Å². The minimum atomic E-state index is -3.96. The topological polar surface area (TPSA) is 99.1 Å². The lowest BCUT2D eigenvalue weighted by molar-refractivity contribution is 0.592. The summed E-state index contributed by atoms with van der Waals surface area (Å²) in [7, 11) is -3.96. The molecule has 1 aromatic heterocycles. The molecule has 0 radical (unpaired) electrons. The first kappa shape index (κ1) is 13.6. The summed E-state index contributed by atoms with van der Waals surface area (Å²) in [6.45, 7) is 0.346. The molecule has 0 aliphatic rings. The van der Waals surface area contributed by atoms with Crippen molar-refractivity contribution in [1.82, 2.24) is 4.98 Å². The van der Waals surface area contributed by atoms with Crippen molar-refractivity contribution in [2.24, 2.45) is 10.9 Å². The predicted molar refractivity (Wildman–Crippen MR) is 68.9 cm³/mol. The van der Waals surface area contributed by atoms with Gasteiger partial charge in [-0.1, -0.05) is 6.07 Å². The molecule has 0 saturated carbocycles. The third-order valence-electron chi connectivity index (χ3n) is 2.56. The fourth-order valence-electron chi connectivity index (χ4n) is 1.59. The maximum atomic E-state index is 13.4. The summed E-state index contributed by atoms with van der Waals surface area (Å²) in [4.78, 5) is 3.82. The molecule has 0 saturated heterocycles. The van der Waals surface area contributed by atoms with Crippen LogP contribution in [0, 0.1) is 5.82 Å². The molecule has 19 heavy (non-hydrogen) atoms. The van der Waals surface area contributed by atoms with E-state index in [0.717, 1.165) is 11.6 Å². The second kappa shape index (κ2) is 5.04. The number of sulfonamides is 1. The van der Waals surface area contributed by atoms with Crippen molar-refractivity contribution in [3.63, 3.8) is 0 Å². The number of hydrogen-bond acceptors (Lipinski definition) is 4. The van der Waals surface area contributed by atoms with Crippen LogP contribution < -0.4 is 10.9 Å². The minimum Gasteiger partial charge on any atom is -0.326 e. The van der Waals surface area contributed by atoms with E-state index in [1.54, 1.807) is 18.3 Å². The van der Waals surface area contributed by atoms with Crippen LogP contribution >= 0.6 is 0 Å². The average molecular weight is 281 g/mol. The molecule has 0 aliphatic carbocycles. The highest BCUT2D eigenvalue weighted by Crippen LogP contribution is 2.22. The van der Waals surface area contributed by atoms with E-state index in [-0.39, 0.29) is 4.90 Å². The van der Waals surface area contributed by atoms with Crippen molar-refractivity contribution >= 4 is 10.0 Å². The lowest BCUT2D eigenvalue weighted by atomic mass is 10.1. The van der Waals surface area contributed by atoms with Gasteiger partial charge in [0.1, 0.15) is 5.82 Å². The number of pyridine rings is 1. The zero-order chi connectivity index (χ0) is 14.0.